The molecular weight excluding hydrogens is 94.0 g/mol. The maximum atomic E-state index is 8.26. The standard InChI is InChI=1S/C4H11NO2.H/c1-5(2)3-4(6)7;/h4,6-7H,3H2,1-2H3;/q;-1/p+1. The van der Waals surface area contributed by atoms with Gasteiger partial charge in [0.1, 0.15) is 6.54 Å². The molecule has 0 aliphatic rings. The SMILES string of the molecule is C[NH+](C)CC(O)O.[H-]. The number of aliphatic hydroxyl groups is 2. The summed E-state index contributed by atoms with van der Waals surface area (Å²) in [5.74, 6) is 0. The highest BCUT2D eigenvalue weighted by Gasteiger charge is 1.99. The molecule has 0 rings (SSSR count). The molecule has 0 saturated heterocycles. The van der Waals surface area contributed by atoms with Crippen molar-refractivity contribution in [2.45, 2.75) is 6.29 Å². The van der Waals surface area contributed by atoms with Crippen molar-refractivity contribution in [1.82, 2.24) is 0 Å². The van der Waals surface area contributed by atoms with Crippen LogP contribution in [0.15, 0.2) is 0 Å². The normalized spacial score (nSPS) is 11.1. The molecule has 0 aliphatic heterocycles. The summed E-state index contributed by atoms with van der Waals surface area (Å²) in [5, 5.41) is 16.5. The third-order valence-corrected chi connectivity index (χ3v) is 0.591. The second-order valence-corrected chi connectivity index (χ2v) is 1.89. The molecule has 0 atom stereocenters. The summed E-state index contributed by atoms with van der Waals surface area (Å²) in [5.41, 5.74) is 0. The molecule has 3 N–H and O–H groups in total. The van der Waals surface area contributed by atoms with Crippen molar-refractivity contribution >= 4 is 0 Å². The zero-order valence-corrected chi connectivity index (χ0v) is 4.68. The molecule has 0 aliphatic carbocycles. The van der Waals surface area contributed by atoms with Crippen LogP contribution in [0, 0.1) is 0 Å². The fraction of sp³-hybridized carbons (Fsp3) is 1.00. The zero-order chi connectivity index (χ0) is 5.86. The summed E-state index contributed by atoms with van der Waals surface area (Å²) in [6.45, 7) is 0.389. The first-order chi connectivity index (χ1) is 3.13. The predicted octanol–water partition coefficient (Wildman–Crippen LogP) is -2.45. The van der Waals surface area contributed by atoms with E-state index in [4.69, 9.17) is 10.2 Å². The topological polar surface area (TPSA) is 44.9 Å². The van der Waals surface area contributed by atoms with Gasteiger partial charge in [0.2, 0.25) is 6.29 Å². The van der Waals surface area contributed by atoms with Gasteiger partial charge in [-0.05, 0) is 0 Å². The number of aliphatic hydroxyl groups excluding tert-OH is 1. The Bertz CT molecular complexity index is 43.3. The number of hydrogen-bond acceptors (Lipinski definition) is 2. The van der Waals surface area contributed by atoms with E-state index in [9.17, 15) is 0 Å². The van der Waals surface area contributed by atoms with E-state index >= 15 is 0 Å². The highest BCUT2D eigenvalue weighted by atomic mass is 16.5. The molecule has 0 heterocycles. The van der Waals surface area contributed by atoms with Gasteiger partial charge in [-0.15, -0.1) is 0 Å². The van der Waals surface area contributed by atoms with Crippen molar-refractivity contribution in [3.63, 3.8) is 0 Å². The Morgan fingerprint density at radius 2 is 2.00 bits per heavy atom. The maximum absolute atomic E-state index is 8.26. The molecule has 0 saturated carbocycles. The van der Waals surface area contributed by atoms with E-state index in [-0.39, 0.29) is 1.43 Å². The van der Waals surface area contributed by atoms with Crippen molar-refractivity contribution in [3.05, 3.63) is 0 Å². The molecule has 0 fully saturated rings. The molecule has 0 radical (unpaired) electrons. The Balaban J connectivity index is 0. The van der Waals surface area contributed by atoms with E-state index in [0.717, 1.165) is 4.90 Å². The number of nitrogens with one attached hydrogen (secondary N) is 1. The predicted molar refractivity (Wildman–Crippen MR) is 27.0 cm³/mol. The van der Waals surface area contributed by atoms with E-state index in [0.29, 0.717) is 6.54 Å². The van der Waals surface area contributed by atoms with Crippen LogP contribution >= 0.6 is 0 Å². The van der Waals surface area contributed by atoms with Gasteiger partial charge in [-0.1, -0.05) is 0 Å². The van der Waals surface area contributed by atoms with Gasteiger partial charge in [-0.3, -0.25) is 0 Å². The Morgan fingerprint density at radius 1 is 1.57 bits per heavy atom. The van der Waals surface area contributed by atoms with Crippen LogP contribution in [-0.4, -0.2) is 37.1 Å². The molecule has 0 bridgehead atoms. The van der Waals surface area contributed by atoms with Crippen LogP contribution in [0.3, 0.4) is 0 Å². The minimum atomic E-state index is -1.16. The molecule has 0 aromatic heterocycles. The monoisotopic (exact) mass is 107 g/mol. The second-order valence-electron chi connectivity index (χ2n) is 1.89. The third-order valence-electron chi connectivity index (χ3n) is 0.591. The van der Waals surface area contributed by atoms with Crippen molar-refractivity contribution in [1.29, 1.82) is 0 Å². The molecule has 0 unspecified atom stereocenters. The van der Waals surface area contributed by atoms with Gasteiger partial charge >= 0.3 is 0 Å². The minimum absolute atomic E-state index is 0. The lowest BCUT2D eigenvalue weighted by atomic mass is 10.6. The number of quaternary nitrogens is 1. The first-order valence-electron chi connectivity index (χ1n) is 2.28. The van der Waals surface area contributed by atoms with Crippen molar-refractivity contribution < 1.29 is 16.5 Å². The molecule has 0 amide bonds. The highest BCUT2D eigenvalue weighted by Crippen LogP contribution is 1.59. The first-order valence-corrected chi connectivity index (χ1v) is 2.28. The summed E-state index contributed by atoms with van der Waals surface area (Å²) < 4.78 is 0. The van der Waals surface area contributed by atoms with E-state index < -0.39 is 6.29 Å². The maximum Gasteiger partial charge on any atom is 0.202 e. The Labute approximate surface area is 44.7 Å². The molecular formula is C4H13NO2. The van der Waals surface area contributed by atoms with Crippen LogP contribution in [0.5, 0.6) is 0 Å². The average molecular weight is 107 g/mol. The third kappa shape index (κ3) is 5.88. The molecule has 7 heavy (non-hydrogen) atoms. The van der Waals surface area contributed by atoms with Gasteiger partial charge in [0.15, 0.2) is 0 Å². The fourth-order valence-corrected chi connectivity index (χ4v) is 0.365. The van der Waals surface area contributed by atoms with E-state index in [1.54, 1.807) is 0 Å². The van der Waals surface area contributed by atoms with Crippen LogP contribution in [0.4, 0.5) is 0 Å². The fourth-order valence-electron chi connectivity index (χ4n) is 0.365. The molecule has 46 valence electrons. The van der Waals surface area contributed by atoms with Crippen LogP contribution < -0.4 is 4.90 Å². The summed E-state index contributed by atoms with van der Waals surface area (Å²) in [6, 6.07) is 0. The number of rotatable bonds is 2. The van der Waals surface area contributed by atoms with E-state index in [1.165, 1.54) is 0 Å². The molecule has 0 aromatic carbocycles. The number of likely N-dealkylation sites (N-methyl/N-ethyl adjacent to an activating group) is 1. The van der Waals surface area contributed by atoms with Crippen LogP contribution in [0.25, 0.3) is 0 Å². The molecule has 0 spiro atoms. The summed E-state index contributed by atoms with van der Waals surface area (Å²) in [4.78, 5) is 1.04. The Morgan fingerprint density at radius 3 is 2.00 bits per heavy atom. The van der Waals surface area contributed by atoms with Gasteiger partial charge < -0.3 is 16.5 Å². The molecule has 3 heteroatoms. The highest BCUT2D eigenvalue weighted by molar-refractivity contribution is 4.22. The summed E-state index contributed by atoms with van der Waals surface area (Å²) in [6.07, 6.45) is -1.16. The molecule has 3 nitrogen and oxygen atoms in total. The van der Waals surface area contributed by atoms with Gasteiger partial charge in [-0.2, -0.15) is 0 Å². The first kappa shape index (κ1) is 6.88. The van der Waals surface area contributed by atoms with Crippen molar-refractivity contribution in [3.8, 4) is 0 Å². The quantitative estimate of drug-likeness (QED) is 0.343. The Kier molecular flexibility index (Phi) is 2.91. The van der Waals surface area contributed by atoms with E-state index in [2.05, 4.69) is 0 Å². The lowest BCUT2D eigenvalue weighted by molar-refractivity contribution is -0.865. The summed E-state index contributed by atoms with van der Waals surface area (Å²) >= 11 is 0. The number of hydrogen-bond donors (Lipinski definition) is 3. The van der Waals surface area contributed by atoms with Gasteiger partial charge in [0.25, 0.3) is 0 Å². The average Bonchev–Trinajstić information content (AvgIpc) is 1.27. The summed E-state index contributed by atoms with van der Waals surface area (Å²) in [7, 11) is 3.72. The lowest BCUT2D eigenvalue weighted by Gasteiger charge is -2.06. The van der Waals surface area contributed by atoms with Crippen molar-refractivity contribution in [2.24, 2.45) is 0 Å². The zero-order valence-electron chi connectivity index (χ0n) is 5.68. The minimum Gasteiger partial charge on any atom is -1.00 e. The van der Waals surface area contributed by atoms with Crippen LogP contribution in [-0.2, 0) is 0 Å². The largest absolute Gasteiger partial charge is 1.00 e. The smallest absolute Gasteiger partial charge is 0.202 e. The van der Waals surface area contributed by atoms with Crippen molar-refractivity contribution in [2.75, 3.05) is 20.6 Å². The lowest BCUT2D eigenvalue weighted by Crippen LogP contribution is -3.07. The van der Waals surface area contributed by atoms with Gasteiger partial charge in [0, 0.05) is 0 Å². The molecule has 0 aromatic rings. The van der Waals surface area contributed by atoms with Gasteiger partial charge in [0.05, 0.1) is 14.1 Å². The van der Waals surface area contributed by atoms with Gasteiger partial charge in [-0.25, -0.2) is 0 Å². The van der Waals surface area contributed by atoms with Crippen LogP contribution in [0.1, 0.15) is 1.43 Å². The van der Waals surface area contributed by atoms with E-state index in [1.807, 2.05) is 14.1 Å². The Hall–Kier alpha value is -0.120. The second kappa shape index (κ2) is 2.96. The van der Waals surface area contributed by atoms with Crippen LogP contribution in [0.2, 0.25) is 0 Å².